The van der Waals surface area contributed by atoms with Gasteiger partial charge in [-0.3, -0.25) is 4.79 Å². The molecule has 0 radical (unpaired) electrons. The van der Waals surface area contributed by atoms with E-state index in [0.717, 1.165) is 19.4 Å². The number of hydrogen-bond donors (Lipinski definition) is 5. The molecule has 0 bridgehead atoms. The standard InChI is InChI=1S/C15H14O4.C5H10N2O/c16-13(14(17)18)15(19,11-7-3-1-4-8-11)12-9-5-2-6-10-12;6-5(8)4-2-1-3-7-4/h1-10,13,16,19H,(H,17,18);4,7H,1-3H2,(H2,6,8)/t;4-/m.0/s1. The van der Waals surface area contributed by atoms with Crippen molar-refractivity contribution in [3.05, 3.63) is 71.8 Å². The van der Waals surface area contributed by atoms with Gasteiger partial charge in [0.2, 0.25) is 5.91 Å². The SMILES string of the molecule is NC(=O)[C@@H]1CCCN1.O=C(O)C(O)C(O)(c1ccccc1)c1ccccc1. The lowest BCUT2D eigenvalue weighted by atomic mass is 9.81. The third-order valence-electron chi connectivity index (χ3n) is 4.46. The van der Waals surface area contributed by atoms with Crippen LogP contribution in [0, 0.1) is 0 Å². The molecule has 1 fully saturated rings. The normalized spacial score (nSPS) is 17.5. The van der Waals surface area contributed by atoms with E-state index in [-0.39, 0.29) is 11.9 Å². The van der Waals surface area contributed by atoms with Gasteiger partial charge >= 0.3 is 5.97 Å². The van der Waals surface area contributed by atoms with Gasteiger partial charge in [0.05, 0.1) is 6.04 Å². The largest absolute Gasteiger partial charge is 0.479 e. The first-order valence-corrected chi connectivity index (χ1v) is 8.64. The fraction of sp³-hybridized carbons (Fsp3) is 0.300. The van der Waals surface area contributed by atoms with Gasteiger partial charge in [-0.15, -0.1) is 0 Å². The Bertz CT molecular complexity index is 706. The summed E-state index contributed by atoms with van der Waals surface area (Å²) in [5.41, 5.74) is 3.68. The molecule has 1 unspecified atom stereocenters. The summed E-state index contributed by atoms with van der Waals surface area (Å²) in [5.74, 6) is -1.70. The highest BCUT2D eigenvalue weighted by Gasteiger charge is 2.43. The first kappa shape index (κ1) is 20.6. The Labute approximate surface area is 157 Å². The average Bonchev–Trinajstić information content (AvgIpc) is 3.24. The van der Waals surface area contributed by atoms with E-state index in [1.54, 1.807) is 60.7 Å². The quantitative estimate of drug-likeness (QED) is 0.522. The second-order valence-electron chi connectivity index (χ2n) is 6.29. The van der Waals surface area contributed by atoms with Crippen molar-refractivity contribution < 1.29 is 24.9 Å². The maximum atomic E-state index is 11.1. The number of primary amides is 1. The zero-order valence-electron chi connectivity index (χ0n) is 14.8. The molecule has 0 saturated carbocycles. The predicted octanol–water partition coefficient (Wildman–Crippen LogP) is 0.592. The summed E-state index contributed by atoms with van der Waals surface area (Å²) >= 11 is 0. The summed E-state index contributed by atoms with van der Waals surface area (Å²) in [7, 11) is 0. The topological polar surface area (TPSA) is 133 Å². The minimum Gasteiger partial charge on any atom is -0.479 e. The van der Waals surface area contributed by atoms with Crippen molar-refractivity contribution in [1.82, 2.24) is 5.32 Å². The van der Waals surface area contributed by atoms with Crippen LogP contribution in [-0.4, -0.2) is 45.9 Å². The molecule has 1 aliphatic rings. The summed E-state index contributed by atoms with van der Waals surface area (Å²) in [6, 6.07) is 16.5. The van der Waals surface area contributed by atoms with E-state index in [0.29, 0.717) is 11.1 Å². The van der Waals surface area contributed by atoms with E-state index in [9.17, 15) is 19.8 Å². The van der Waals surface area contributed by atoms with Gasteiger partial charge in [-0.05, 0) is 30.5 Å². The highest BCUT2D eigenvalue weighted by atomic mass is 16.4. The molecule has 1 amide bonds. The number of aliphatic hydroxyl groups is 2. The van der Waals surface area contributed by atoms with Gasteiger partial charge in [0, 0.05) is 0 Å². The molecule has 2 aromatic carbocycles. The zero-order valence-corrected chi connectivity index (χ0v) is 14.8. The zero-order chi connectivity index (χ0) is 19.9. The number of nitrogens with two attached hydrogens (primary N) is 1. The van der Waals surface area contributed by atoms with Gasteiger partial charge in [-0.2, -0.15) is 0 Å². The number of hydrogen-bond acceptors (Lipinski definition) is 5. The van der Waals surface area contributed by atoms with E-state index < -0.39 is 17.7 Å². The molecular formula is C20H24N2O5. The van der Waals surface area contributed by atoms with Crippen molar-refractivity contribution in [1.29, 1.82) is 0 Å². The Hall–Kier alpha value is -2.74. The number of carboxylic acids is 1. The number of amides is 1. The number of aliphatic carboxylic acids is 1. The fourth-order valence-corrected chi connectivity index (χ4v) is 2.97. The Balaban J connectivity index is 0.000000273. The second-order valence-corrected chi connectivity index (χ2v) is 6.29. The predicted molar refractivity (Wildman–Crippen MR) is 99.7 cm³/mol. The molecule has 0 spiro atoms. The van der Waals surface area contributed by atoms with Crippen molar-refractivity contribution in [2.24, 2.45) is 5.73 Å². The van der Waals surface area contributed by atoms with Gasteiger partial charge in [0.1, 0.15) is 0 Å². The molecule has 27 heavy (non-hydrogen) atoms. The van der Waals surface area contributed by atoms with Gasteiger partial charge in [-0.1, -0.05) is 60.7 Å². The van der Waals surface area contributed by atoms with Crippen LogP contribution < -0.4 is 11.1 Å². The molecule has 1 aliphatic heterocycles. The van der Waals surface area contributed by atoms with Crippen molar-refractivity contribution in [2.75, 3.05) is 6.54 Å². The average molecular weight is 372 g/mol. The van der Waals surface area contributed by atoms with Crippen LogP contribution >= 0.6 is 0 Å². The molecule has 7 heteroatoms. The van der Waals surface area contributed by atoms with Crippen LogP contribution in [0.4, 0.5) is 0 Å². The Morgan fingerprint density at radius 3 is 1.81 bits per heavy atom. The number of benzene rings is 2. The minimum absolute atomic E-state index is 0.0463. The van der Waals surface area contributed by atoms with Crippen LogP contribution in [0.5, 0.6) is 0 Å². The molecule has 6 N–H and O–H groups in total. The molecule has 1 saturated heterocycles. The highest BCUT2D eigenvalue weighted by molar-refractivity contribution is 5.80. The van der Waals surface area contributed by atoms with E-state index >= 15 is 0 Å². The van der Waals surface area contributed by atoms with Crippen molar-refractivity contribution in [3.63, 3.8) is 0 Å². The van der Waals surface area contributed by atoms with Crippen LogP contribution in [-0.2, 0) is 15.2 Å². The molecule has 2 atom stereocenters. The van der Waals surface area contributed by atoms with Crippen LogP contribution in [0.25, 0.3) is 0 Å². The first-order chi connectivity index (χ1) is 12.9. The van der Waals surface area contributed by atoms with Crippen LogP contribution in [0.3, 0.4) is 0 Å². The van der Waals surface area contributed by atoms with Gasteiger partial charge < -0.3 is 26.4 Å². The number of carboxylic acid groups (broad SMARTS) is 1. The van der Waals surface area contributed by atoms with E-state index in [2.05, 4.69) is 5.32 Å². The number of carbonyl (C=O) groups is 2. The number of carbonyl (C=O) groups excluding carboxylic acids is 1. The molecule has 2 aromatic rings. The molecule has 7 nitrogen and oxygen atoms in total. The smallest absolute Gasteiger partial charge is 0.336 e. The summed E-state index contributed by atoms with van der Waals surface area (Å²) < 4.78 is 0. The lowest BCUT2D eigenvalue weighted by Gasteiger charge is -2.31. The third-order valence-corrected chi connectivity index (χ3v) is 4.46. The lowest BCUT2D eigenvalue weighted by molar-refractivity contribution is -0.160. The van der Waals surface area contributed by atoms with Gasteiger partial charge in [0.25, 0.3) is 0 Å². The molecular weight excluding hydrogens is 348 g/mol. The third kappa shape index (κ3) is 4.91. The lowest BCUT2D eigenvalue weighted by Crippen LogP contribution is -2.45. The maximum absolute atomic E-state index is 11.1. The van der Waals surface area contributed by atoms with Crippen molar-refractivity contribution >= 4 is 11.9 Å². The number of rotatable bonds is 5. The van der Waals surface area contributed by atoms with E-state index in [4.69, 9.17) is 10.8 Å². The van der Waals surface area contributed by atoms with Crippen LogP contribution in [0.15, 0.2) is 60.7 Å². The fourth-order valence-electron chi connectivity index (χ4n) is 2.97. The summed E-state index contributed by atoms with van der Waals surface area (Å²) in [4.78, 5) is 21.4. The number of aliphatic hydroxyl groups excluding tert-OH is 1. The summed E-state index contributed by atoms with van der Waals surface area (Å²) in [6.45, 7) is 0.938. The molecule has 0 aliphatic carbocycles. The van der Waals surface area contributed by atoms with E-state index in [1.807, 2.05) is 0 Å². The monoisotopic (exact) mass is 372 g/mol. The van der Waals surface area contributed by atoms with Crippen molar-refractivity contribution in [3.8, 4) is 0 Å². The van der Waals surface area contributed by atoms with Crippen molar-refractivity contribution in [2.45, 2.75) is 30.6 Å². The molecule has 144 valence electrons. The molecule has 0 aromatic heterocycles. The molecule has 3 rings (SSSR count). The second kappa shape index (κ2) is 9.27. The first-order valence-electron chi connectivity index (χ1n) is 8.64. The molecule has 1 heterocycles. The minimum atomic E-state index is -1.98. The summed E-state index contributed by atoms with van der Waals surface area (Å²) in [6.07, 6.45) is 0.0421. The van der Waals surface area contributed by atoms with Crippen LogP contribution in [0.2, 0.25) is 0 Å². The van der Waals surface area contributed by atoms with Gasteiger partial charge in [0.15, 0.2) is 11.7 Å². The Kier molecular flexibility index (Phi) is 7.06. The summed E-state index contributed by atoms with van der Waals surface area (Å²) in [5, 5.41) is 32.7. The highest BCUT2D eigenvalue weighted by Crippen LogP contribution is 2.33. The Morgan fingerprint density at radius 1 is 1.04 bits per heavy atom. The number of nitrogens with one attached hydrogen (secondary N) is 1. The van der Waals surface area contributed by atoms with E-state index in [1.165, 1.54) is 0 Å². The van der Waals surface area contributed by atoms with Crippen LogP contribution in [0.1, 0.15) is 24.0 Å². The Morgan fingerprint density at radius 2 is 1.52 bits per heavy atom. The van der Waals surface area contributed by atoms with Gasteiger partial charge in [-0.25, -0.2) is 4.79 Å². The maximum Gasteiger partial charge on any atom is 0.336 e.